The molecule has 0 aliphatic carbocycles. The summed E-state index contributed by atoms with van der Waals surface area (Å²) in [6.45, 7) is 2.31. The number of imide groups is 1. The summed E-state index contributed by atoms with van der Waals surface area (Å²) in [7, 11) is 0. The van der Waals surface area contributed by atoms with E-state index in [1.807, 2.05) is 12.1 Å². The number of para-hydroxylation sites is 1. The topological polar surface area (TPSA) is 58.6 Å². The lowest BCUT2D eigenvalue weighted by Gasteiger charge is -2.10. The minimum Gasteiger partial charge on any atom is -0.488 e. The van der Waals surface area contributed by atoms with E-state index >= 15 is 0 Å². The Hall–Kier alpha value is -3.15. The molecule has 3 rings (SSSR count). The molecule has 0 saturated carbocycles. The molecule has 2 aromatic rings. The SMILES string of the molecule is CCN1C(=O)N/C(=C/c2ccccc2OCc2ccc(F)cc2)C1=O. The van der Waals surface area contributed by atoms with Gasteiger partial charge in [0.15, 0.2) is 0 Å². The minimum absolute atomic E-state index is 0.213. The number of nitrogens with one attached hydrogen (secondary N) is 1. The predicted octanol–water partition coefficient (Wildman–Crippen LogP) is 3.32. The number of ether oxygens (including phenoxy) is 1. The van der Waals surface area contributed by atoms with Crippen molar-refractivity contribution >= 4 is 18.0 Å². The van der Waals surface area contributed by atoms with Gasteiger partial charge in [-0.2, -0.15) is 0 Å². The maximum atomic E-state index is 13.0. The first-order chi connectivity index (χ1) is 12.1. The predicted molar refractivity (Wildman–Crippen MR) is 91.1 cm³/mol. The van der Waals surface area contributed by atoms with Crippen LogP contribution < -0.4 is 10.1 Å². The molecule has 2 aromatic carbocycles. The van der Waals surface area contributed by atoms with Gasteiger partial charge in [0, 0.05) is 12.1 Å². The van der Waals surface area contributed by atoms with Gasteiger partial charge < -0.3 is 10.1 Å². The van der Waals surface area contributed by atoms with Gasteiger partial charge in [-0.05, 0) is 36.8 Å². The fraction of sp³-hybridized carbons (Fsp3) is 0.158. The van der Waals surface area contributed by atoms with E-state index in [0.717, 1.165) is 10.5 Å². The standard InChI is InChI=1S/C19H17FN2O3/c1-2-22-18(23)16(21-19(22)24)11-14-5-3-4-6-17(14)25-12-13-7-9-15(20)10-8-13/h3-11H,2,12H2,1H3,(H,21,24)/b16-11+. The largest absolute Gasteiger partial charge is 0.488 e. The van der Waals surface area contributed by atoms with Crippen LogP contribution >= 0.6 is 0 Å². The zero-order chi connectivity index (χ0) is 17.8. The van der Waals surface area contributed by atoms with Crippen molar-refractivity contribution in [1.82, 2.24) is 10.2 Å². The highest BCUT2D eigenvalue weighted by Crippen LogP contribution is 2.23. The van der Waals surface area contributed by atoms with Crippen LogP contribution in [0.2, 0.25) is 0 Å². The van der Waals surface area contributed by atoms with Crippen LogP contribution in [0.5, 0.6) is 5.75 Å². The fourth-order valence-electron chi connectivity index (χ4n) is 2.49. The Balaban J connectivity index is 1.79. The zero-order valence-electron chi connectivity index (χ0n) is 13.7. The first-order valence-corrected chi connectivity index (χ1v) is 7.89. The maximum Gasteiger partial charge on any atom is 0.328 e. The number of hydrogen-bond acceptors (Lipinski definition) is 3. The zero-order valence-corrected chi connectivity index (χ0v) is 13.7. The third kappa shape index (κ3) is 3.68. The molecular weight excluding hydrogens is 323 g/mol. The smallest absolute Gasteiger partial charge is 0.328 e. The number of halogens is 1. The Morgan fingerprint density at radius 3 is 2.52 bits per heavy atom. The van der Waals surface area contributed by atoms with Crippen LogP contribution in [0.3, 0.4) is 0 Å². The van der Waals surface area contributed by atoms with Crippen LogP contribution in [0.4, 0.5) is 9.18 Å². The molecule has 1 aliphatic rings. The molecule has 0 radical (unpaired) electrons. The van der Waals surface area contributed by atoms with Crippen molar-refractivity contribution in [3.63, 3.8) is 0 Å². The van der Waals surface area contributed by atoms with Crippen LogP contribution in [0, 0.1) is 5.82 Å². The van der Waals surface area contributed by atoms with Crippen LogP contribution in [0.1, 0.15) is 18.1 Å². The van der Waals surface area contributed by atoms with Gasteiger partial charge in [-0.1, -0.05) is 30.3 Å². The van der Waals surface area contributed by atoms with Gasteiger partial charge in [0.2, 0.25) is 0 Å². The number of carbonyl (C=O) groups is 2. The first kappa shape index (κ1) is 16.7. The Morgan fingerprint density at radius 1 is 1.12 bits per heavy atom. The van der Waals surface area contributed by atoms with E-state index < -0.39 is 6.03 Å². The third-order valence-electron chi connectivity index (χ3n) is 3.80. The van der Waals surface area contributed by atoms with E-state index in [0.29, 0.717) is 17.9 Å². The van der Waals surface area contributed by atoms with E-state index in [-0.39, 0.29) is 24.0 Å². The molecule has 5 nitrogen and oxygen atoms in total. The molecule has 0 bridgehead atoms. The molecule has 128 valence electrons. The quantitative estimate of drug-likeness (QED) is 0.671. The van der Waals surface area contributed by atoms with Crippen LogP contribution in [0.25, 0.3) is 6.08 Å². The summed E-state index contributed by atoms with van der Waals surface area (Å²) in [5, 5.41) is 2.56. The number of amides is 3. The van der Waals surface area contributed by atoms with Crippen molar-refractivity contribution in [3.8, 4) is 5.75 Å². The van der Waals surface area contributed by atoms with E-state index in [9.17, 15) is 14.0 Å². The van der Waals surface area contributed by atoms with Gasteiger partial charge in [-0.25, -0.2) is 9.18 Å². The first-order valence-electron chi connectivity index (χ1n) is 7.89. The molecular formula is C19H17FN2O3. The lowest BCUT2D eigenvalue weighted by molar-refractivity contribution is -0.122. The molecule has 1 fully saturated rings. The highest BCUT2D eigenvalue weighted by molar-refractivity contribution is 6.14. The van der Waals surface area contributed by atoms with Gasteiger partial charge in [0.1, 0.15) is 23.9 Å². The monoisotopic (exact) mass is 340 g/mol. The van der Waals surface area contributed by atoms with Crippen LogP contribution in [-0.4, -0.2) is 23.4 Å². The molecule has 25 heavy (non-hydrogen) atoms. The second kappa shape index (κ2) is 7.17. The summed E-state index contributed by atoms with van der Waals surface area (Å²) in [4.78, 5) is 25.0. The van der Waals surface area contributed by atoms with Gasteiger partial charge in [-0.15, -0.1) is 0 Å². The summed E-state index contributed by atoms with van der Waals surface area (Å²) in [5.41, 5.74) is 1.71. The number of likely N-dealkylation sites (N-methyl/N-ethyl adjacent to an activating group) is 1. The van der Waals surface area contributed by atoms with E-state index in [1.165, 1.54) is 12.1 Å². The Labute approximate surface area is 144 Å². The summed E-state index contributed by atoms with van der Waals surface area (Å²) >= 11 is 0. The average molecular weight is 340 g/mol. The molecule has 3 amide bonds. The summed E-state index contributed by atoms with van der Waals surface area (Å²) in [6.07, 6.45) is 1.59. The summed E-state index contributed by atoms with van der Waals surface area (Å²) in [5.74, 6) is -0.0954. The Kier molecular flexibility index (Phi) is 4.79. The lowest BCUT2D eigenvalue weighted by Crippen LogP contribution is -2.30. The molecule has 1 aliphatic heterocycles. The van der Waals surface area contributed by atoms with Gasteiger partial charge in [0.25, 0.3) is 5.91 Å². The van der Waals surface area contributed by atoms with Gasteiger partial charge in [0.05, 0.1) is 0 Å². The van der Waals surface area contributed by atoms with Crippen molar-refractivity contribution in [3.05, 3.63) is 71.2 Å². The van der Waals surface area contributed by atoms with Crippen molar-refractivity contribution in [2.75, 3.05) is 6.54 Å². The van der Waals surface area contributed by atoms with E-state index in [1.54, 1.807) is 37.3 Å². The number of rotatable bonds is 5. The number of urea groups is 1. The Morgan fingerprint density at radius 2 is 1.84 bits per heavy atom. The molecule has 0 unspecified atom stereocenters. The second-order valence-corrected chi connectivity index (χ2v) is 5.49. The molecule has 0 spiro atoms. The number of hydrogen-bond donors (Lipinski definition) is 1. The normalized spacial score (nSPS) is 15.6. The minimum atomic E-state index is -0.427. The molecule has 1 N–H and O–H groups in total. The van der Waals surface area contributed by atoms with Crippen LogP contribution in [0.15, 0.2) is 54.2 Å². The molecule has 0 aromatic heterocycles. The highest BCUT2D eigenvalue weighted by Gasteiger charge is 2.32. The maximum absolute atomic E-state index is 13.0. The third-order valence-corrected chi connectivity index (χ3v) is 3.80. The van der Waals surface area contributed by atoms with Crippen molar-refractivity contribution in [2.45, 2.75) is 13.5 Å². The van der Waals surface area contributed by atoms with Crippen molar-refractivity contribution < 1.29 is 18.7 Å². The van der Waals surface area contributed by atoms with Crippen molar-refractivity contribution in [1.29, 1.82) is 0 Å². The molecule has 0 atom stereocenters. The number of benzene rings is 2. The van der Waals surface area contributed by atoms with E-state index in [4.69, 9.17) is 4.74 Å². The highest BCUT2D eigenvalue weighted by atomic mass is 19.1. The second-order valence-electron chi connectivity index (χ2n) is 5.49. The fourth-order valence-corrected chi connectivity index (χ4v) is 2.49. The van der Waals surface area contributed by atoms with Crippen LogP contribution in [-0.2, 0) is 11.4 Å². The van der Waals surface area contributed by atoms with Gasteiger partial charge in [-0.3, -0.25) is 9.69 Å². The lowest BCUT2D eigenvalue weighted by atomic mass is 10.1. The summed E-state index contributed by atoms with van der Waals surface area (Å²) in [6, 6.07) is 12.8. The molecule has 6 heteroatoms. The Bertz CT molecular complexity index is 831. The summed E-state index contributed by atoms with van der Waals surface area (Å²) < 4.78 is 18.7. The van der Waals surface area contributed by atoms with Crippen molar-refractivity contribution in [2.24, 2.45) is 0 Å². The molecule has 1 heterocycles. The average Bonchev–Trinajstić information content (AvgIpc) is 2.88. The van der Waals surface area contributed by atoms with Gasteiger partial charge >= 0.3 is 6.03 Å². The number of carbonyl (C=O) groups excluding carboxylic acids is 2. The number of nitrogens with zero attached hydrogens (tertiary/aromatic N) is 1. The van der Waals surface area contributed by atoms with E-state index in [2.05, 4.69) is 5.32 Å². The molecule has 1 saturated heterocycles.